The van der Waals surface area contributed by atoms with Crippen molar-refractivity contribution in [3.63, 3.8) is 0 Å². The molecule has 0 radical (unpaired) electrons. The first-order valence-corrected chi connectivity index (χ1v) is 14.6. The molecule has 5 aliphatic rings. The molecule has 204 valence electrons. The van der Waals surface area contributed by atoms with Crippen LogP contribution in [0.25, 0.3) is 0 Å². The number of nitrogens with zero attached hydrogens (tertiary/aromatic N) is 1. The van der Waals surface area contributed by atoms with Crippen LogP contribution in [0, 0.1) is 11.8 Å². The normalized spacial score (nSPS) is 32.9. The van der Waals surface area contributed by atoms with Crippen molar-refractivity contribution in [2.75, 3.05) is 11.9 Å². The van der Waals surface area contributed by atoms with Crippen LogP contribution in [0.2, 0.25) is 0 Å². The molecule has 3 amide bonds. The number of rotatable bonds is 7. The second kappa shape index (κ2) is 10.4. The van der Waals surface area contributed by atoms with Gasteiger partial charge in [-0.05, 0) is 56.9 Å². The van der Waals surface area contributed by atoms with Crippen LogP contribution < -0.4 is 15.4 Å². The van der Waals surface area contributed by atoms with Gasteiger partial charge < -0.3 is 25.0 Å². The van der Waals surface area contributed by atoms with Crippen LogP contribution >= 0.6 is 0 Å². The molecule has 3 heterocycles. The number of hydrogen-bond donors (Lipinski definition) is 2. The summed E-state index contributed by atoms with van der Waals surface area (Å²) in [5.41, 5.74) is -0.459. The zero-order valence-corrected chi connectivity index (χ0v) is 22.2. The van der Waals surface area contributed by atoms with Gasteiger partial charge in [-0.15, -0.1) is 0 Å². The van der Waals surface area contributed by atoms with Crippen LogP contribution in [0.3, 0.4) is 0 Å². The topological polar surface area (TPSA) is 97.0 Å². The number of anilines is 1. The van der Waals surface area contributed by atoms with E-state index in [1.165, 1.54) is 6.42 Å². The lowest BCUT2D eigenvalue weighted by molar-refractivity contribution is -0.144. The van der Waals surface area contributed by atoms with Crippen LogP contribution in [-0.4, -0.2) is 59.1 Å². The van der Waals surface area contributed by atoms with Gasteiger partial charge in [0.1, 0.15) is 17.4 Å². The Bertz CT molecular complexity index is 1090. The first kappa shape index (κ1) is 25.4. The second-order valence-electron chi connectivity index (χ2n) is 11.5. The largest absolute Gasteiger partial charge is 0.494 e. The highest BCUT2D eigenvalue weighted by atomic mass is 16.5. The Labute approximate surface area is 224 Å². The van der Waals surface area contributed by atoms with Crippen molar-refractivity contribution in [2.45, 2.75) is 101 Å². The number of carbonyl (C=O) groups excluding carboxylic acids is 3. The zero-order valence-electron chi connectivity index (χ0n) is 22.2. The number of nitrogens with one attached hydrogen (secondary N) is 2. The summed E-state index contributed by atoms with van der Waals surface area (Å²) in [5.74, 6) is -1.14. The van der Waals surface area contributed by atoms with Gasteiger partial charge in [0, 0.05) is 17.8 Å². The Hall–Kier alpha value is -2.87. The van der Waals surface area contributed by atoms with Gasteiger partial charge in [-0.25, -0.2) is 0 Å². The number of hydrogen-bond acceptors (Lipinski definition) is 5. The Morgan fingerprint density at radius 2 is 1.68 bits per heavy atom. The van der Waals surface area contributed by atoms with Gasteiger partial charge in [0.05, 0.1) is 24.5 Å². The van der Waals surface area contributed by atoms with Crippen LogP contribution in [0.5, 0.6) is 5.75 Å². The van der Waals surface area contributed by atoms with Crippen molar-refractivity contribution in [2.24, 2.45) is 11.8 Å². The fourth-order valence-electron chi connectivity index (χ4n) is 7.51. The molecule has 1 aromatic carbocycles. The molecule has 6 rings (SSSR count). The molecule has 2 bridgehead atoms. The number of amides is 3. The molecular formula is C30H39N3O5. The summed E-state index contributed by atoms with van der Waals surface area (Å²) in [7, 11) is 0. The maximum atomic E-state index is 14.2. The third-order valence-electron chi connectivity index (χ3n) is 9.22. The van der Waals surface area contributed by atoms with Gasteiger partial charge in [0.25, 0.3) is 0 Å². The summed E-state index contributed by atoms with van der Waals surface area (Å²) in [6.07, 6.45) is 13.7. The average Bonchev–Trinajstić information content (AvgIpc) is 3.58. The summed E-state index contributed by atoms with van der Waals surface area (Å²) in [5, 5.41) is 6.27. The number of carbonyl (C=O) groups is 3. The summed E-state index contributed by atoms with van der Waals surface area (Å²) in [4.78, 5) is 43.6. The van der Waals surface area contributed by atoms with E-state index < -0.39 is 29.6 Å². The zero-order chi connectivity index (χ0) is 26.3. The van der Waals surface area contributed by atoms with Gasteiger partial charge >= 0.3 is 0 Å². The minimum atomic E-state index is -1.10. The first-order valence-electron chi connectivity index (χ1n) is 14.6. The summed E-state index contributed by atoms with van der Waals surface area (Å²) in [6.45, 7) is 2.49. The van der Waals surface area contributed by atoms with Crippen molar-refractivity contribution >= 4 is 23.4 Å². The van der Waals surface area contributed by atoms with Crippen LogP contribution in [0.4, 0.5) is 5.69 Å². The van der Waals surface area contributed by atoms with E-state index in [9.17, 15) is 14.4 Å². The van der Waals surface area contributed by atoms with Crippen LogP contribution in [0.15, 0.2) is 36.4 Å². The quantitative estimate of drug-likeness (QED) is 0.530. The van der Waals surface area contributed by atoms with Crippen LogP contribution in [0.1, 0.15) is 71.1 Å². The monoisotopic (exact) mass is 521 g/mol. The third-order valence-corrected chi connectivity index (χ3v) is 9.22. The Morgan fingerprint density at radius 1 is 1.00 bits per heavy atom. The predicted molar refractivity (Wildman–Crippen MR) is 142 cm³/mol. The first-order chi connectivity index (χ1) is 18.5. The summed E-state index contributed by atoms with van der Waals surface area (Å²) in [6, 6.07) is 6.63. The highest BCUT2D eigenvalue weighted by molar-refractivity contribution is 6.03. The Balaban J connectivity index is 1.28. The Morgan fingerprint density at radius 3 is 2.37 bits per heavy atom. The number of ether oxygens (including phenoxy) is 2. The maximum Gasteiger partial charge on any atom is 0.246 e. The van der Waals surface area contributed by atoms with E-state index in [1.54, 1.807) is 12.1 Å². The van der Waals surface area contributed by atoms with Gasteiger partial charge in [0.15, 0.2) is 0 Å². The van der Waals surface area contributed by atoms with Crippen LogP contribution in [-0.2, 0) is 19.1 Å². The molecule has 5 atom stereocenters. The van der Waals surface area contributed by atoms with Crippen molar-refractivity contribution in [1.29, 1.82) is 0 Å². The van der Waals surface area contributed by atoms with Crippen molar-refractivity contribution in [3.05, 3.63) is 36.4 Å². The molecule has 8 nitrogen and oxygen atoms in total. The molecule has 0 unspecified atom stereocenters. The minimum absolute atomic E-state index is 0.00389. The SMILES string of the molecule is CCOc1ccc(NC(=O)[C@@H]2[C@@H]3C=C[C@]4(O3)[C@@H]2C(=O)N(C2CCCCC2)[C@@H]4C(=O)NC2CCCCC2)cc1. The van der Waals surface area contributed by atoms with E-state index in [-0.39, 0.29) is 29.8 Å². The highest BCUT2D eigenvalue weighted by Crippen LogP contribution is 2.56. The molecule has 8 heteroatoms. The number of benzene rings is 1. The molecule has 2 aliphatic carbocycles. The highest BCUT2D eigenvalue weighted by Gasteiger charge is 2.73. The second-order valence-corrected chi connectivity index (χ2v) is 11.5. The molecule has 38 heavy (non-hydrogen) atoms. The molecule has 0 aromatic heterocycles. The lowest BCUT2D eigenvalue weighted by Crippen LogP contribution is -2.58. The minimum Gasteiger partial charge on any atom is -0.494 e. The molecule has 4 fully saturated rings. The van der Waals surface area contributed by atoms with Gasteiger partial charge in [0.2, 0.25) is 17.7 Å². The Kier molecular flexibility index (Phi) is 6.93. The molecular weight excluding hydrogens is 482 g/mol. The standard InChI is InChI=1S/C30H39N3O5/c1-2-37-22-15-13-20(14-16-22)31-27(34)24-23-17-18-30(38-23)25(24)29(36)33(21-11-7-4-8-12-21)26(30)28(35)32-19-9-5-3-6-10-19/h13-19,21,23-26H,2-12H2,1H3,(H,31,34)(H,32,35)/t23-,24+,25-,26+,30-/m0/s1. The molecule has 2 N–H and O–H groups in total. The van der Waals surface area contributed by atoms with E-state index >= 15 is 0 Å². The lowest BCUT2D eigenvalue weighted by Gasteiger charge is -2.39. The van der Waals surface area contributed by atoms with Gasteiger partial charge in [-0.2, -0.15) is 0 Å². The molecule has 2 saturated heterocycles. The van der Waals surface area contributed by atoms with E-state index in [0.29, 0.717) is 12.3 Å². The van der Waals surface area contributed by atoms with Crippen molar-refractivity contribution in [1.82, 2.24) is 10.2 Å². The van der Waals surface area contributed by atoms with Crippen molar-refractivity contribution < 1.29 is 23.9 Å². The maximum absolute atomic E-state index is 14.2. The smallest absolute Gasteiger partial charge is 0.246 e. The molecule has 3 aliphatic heterocycles. The average molecular weight is 522 g/mol. The molecule has 1 aromatic rings. The van der Waals surface area contributed by atoms with E-state index in [1.807, 2.05) is 36.1 Å². The van der Waals surface area contributed by atoms with Gasteiger partial charge in [-0.1, -0.05) is 50.7 Å². The fourth-order valence-corrected chi connectivity index (χ4v) is 7.51. The molecule has 1 spiro atoms. The third kappa shape index (κ3) is 4.31. The predicted octanol–water partition coefficient (Wildman–Crippen LogP) is 3.96. The number of fused-ring (bicyclic) bond motifs is 1. The summed E-state index contributed by atoms with van der Waals surface area (Å²) < 4.78 is 12.0. The molecule has 2 saturated carbocycles. The van der Waals surface area contributed by atoms with E-state index in [2.05, 4.69) is 10.6 Å². The lowest BCUT2D eigenvalue weighted by atomic mass is 9.74. The van der Waals surface area contributed by atoms with Crippen molar-refractivity contribution in [3.8, 4) is 5.75 Å². The number of likely N-dealkylation sites (tertiary alicyclic amines) is 1. The van der Waals surface area contributed by atoms with Gasteiger partial charge in [-0.3, -0.25) is 14.4 Å². The van der Waals surface area contributed by atoms with E-state index in [0.717, 1.165) is 63.5 Å². The van der Waals surface area contributed by atoms with E-state index in [4.69, 9.17) is 9.47 Å². The summed E-state index contributed by atoms with van der Waals surface area (Å²) >= 11 is 0. The fraction of sp³-hybridized carbons (Fsp3) is 0.633.